The second-order valence-electron chi connectivity index (χ2n) is 4.49. The van der Waals surface area contributed by atoms with Crippen LogP contribution >= 0.6 is 0 Å². The first-order chi connectivity index (χ1) is 9.70. The molecule has 1 aromatic heterocycles. The van der Waals surface area contributed by atoms with Crippen molar-refractivity contribution in [1.82, 2.24) is 15.5 Å². The van der Waals surface area contributed by atoms with E-state index in [9.17, 15) is 4.79 Å². The number of rotatable bonds is 6. The summed E-state index contributed by atoms with van der Waals surface area (Å²) in [6.45, 7) is 5.20. The fraction of sp³-hybridized carbons (Fsp3) is 0.357. The highest BCUT2D eigenvalue weighted by atomic mass is 16.5. The summed E-state index contributed by atoms with van der Waals surface area (Å²) in [5.74, 6) is 0.312. The van der Waals surface area contributed by atoms with Gasteiger partial charge in [-0.25, -0.2) is 0 Å². The van der Waals surface area contributed by atoms with Gasteiger partial charge in [-0.2, -0.15) is 4.98 Å². The number of nitrogens with zero attached hydrogens (tertiary/aromatic N) is 2. The molecule has 6 heteroatoms. The second kappa shape index (κ2) is 6.70. The van der Waals surface area contributed by atoms with Gasteiger partial charge in [0.2, 0.25) is 6.39 Å². The molecule has 1 amide bonds. The van der Waals surface area contributed by atoms with Crippen LogP contribution in [0, 0.1) is 6.92 Å². The molecular weight excluding hydrogens is 256 g/mol. The molecule has 0 aliphatic carbocycles. The van der Waals surface area contributed by atoms with E-state index in [-0.39, 0.29) is 12.5 Å². The Morgan fingerprint density at radius 2 is 2.25 bits per heavy atom. The second-order valence-corrected chi connectivity index (χ2v) is 4.49. The van der Waals surface area contributed by atoms with Crippen LogP contribution in [0.5, 0.6) is 0 Å². The fourth-order valence-electron chi connectivity index (χ4n) is 1.82. The van der Waals surface area contributed by atoms with Gasteiger partial charge < -0.3 is 15.2 Å². The lowest BCUT2D eigenvalue weighted by molar-refractivity contribution is 0.0949. The van der Waals surface area contributed by atoms with Gasteiger partial charge in [0.15, 0.2) is 5.82 Å². The molecule has 0 aliphatic rings. The van der Waals surface area contributed by atoms with Gasteiger partial charge in [-0.15, -0.1) is 0 Å². The molecule has 20 heavy (non-hydrogen) atoms. The Kier molecular flexibility index (Phi) is 4.70. The molecule has 0 bridgehead atoms. The largest absolute Gasteiger partial charge is 0.385 e. The lowest BCUT2D eigenvalue weighted by Crippen LogP contribution is -2.24. The van der Waals surface area contributed by atoms with E-state index in [0.717, 1.165) is 24.2 Å². The SMILES string of the molecule is CCCNc1ccc(C(=O)NCc2ncon2)c(C)c1. The summed E-state index contributed by atoms with van der Waals surface area (Å²) in [6.07, 6.45) is 2.30. The Morgan fingerprint density at radius 1 is 1.40 bits per heavy atom. The van der Waals surface area contributed by atoms with Gasteiger partial charge in [0, 0.05) is 17.8 Å². The van der Waals surface area contributed by atoms with E-state index in [4.69, 9.17) is 0 Å². The van der Waals surface area contributed by atoms with E-state index in [1.807, 2.05) is 25.1 Å². The van der Waals surface area contributed by atoms with Crippen molar-refractivity contribution < 1.29 is 9.32 Å². The number of hydrogen-bond acceptors (Lipinski definition) is 5. The Bertz CT molecular complexity index is 567. The maximum atomic E-state index is 12.1. The van der Waals surface area contributed by atoms with Crippen LogP contribution in [0.4, 0.5) is 5.69 Å². The van der Waals surface area contributed by atoms with E-state index >= 15 is 0 Å². The van der Waals surface area contributed by atoms with Gasteiger partial charge in [0.05, 0.1) is 6.54 Å². The minimum absolute atomic E-state index is 0.144. The third-order valence-corrected chi connectivity index (χ3v) is 2.86. The van der Waals surface area contributed by atoms with E-state index in [1.54, 1.807) is 0 Å². The van der Waals surface area contributed by atoms with Gasteiger partial charge in [-0.1, -0.05) is 12.1 Å². The molecule has 0 radical (unpaired) electrons. The highest BCUT2D eigenvalue weighted by Gasteiger charge is 2.10. The molecule has 2 aromatic rings. The number of amides is 1. The minimum atomic E-state index is -0.144. The van der Waals surface area contributed by atoms with Gasteiger partial charge >= 0.3 is 0 Å². The van der Waals surface area contributed by atoms with Crippen LogP contribution in [-0.2, 0) is 6.54 Å². The average Bonchev–Trinajstić information content (AvgIpc) is 2.96. The summed E-state index contributed by atoms with van der Waals surface area (Å²) in [5.41, 5.74) is 2.60. The molecule has 2 rings (SSSR count). The van der Waals surface area contributed by atoms with Crippen molar-refractivity contribution in [3.63, 3.8) is 0 Å². The van der Waals surface area contributed by atoms with Crippen LogP contribution in [-0.4, -0.2) is 22.6 Å². The lowest BCUT2D eigenvalue weighted by Gasteiger charge is -2.10. The standard InChI is InChI=1S/C14H18N4O2/c1-3-6-15-11-4-5-12(10(2)7-11)14(19)16-8-13-17-9-20-18-13/h4-5,7,9,15H,3,6,8H2,1-2H3,(H,16,19). The average molecular weight is 274 g/mol. The summed E-state index contributed by atoms with van der Waals surface area (Å²) < 4.78 is 4.61. The molecule has 0 spiro atoms. The zero-order valence-electron chi connectivity index (χ0n) is 11.6. The van der Waals surface area contributed by atoms with Crippen molar-refractivity contribution in [1.29, 1.82) is 0 Å². The minimum Gasteiger partial charge on any atom is -0.385 e. The molecular formula is C14H18N4O2. The predicted octanol–water partition coefficient (Wildman–Crippen LogP) is 2.13. The number of benzene rings is 1. The maximum Gasteiger partial charge on any atom is 0.251 e. The number of carbonyl (C=O) groups excluding carboxylic acids is 1. The van der Waals surface area contributed by atoms with E-state index in [2.05, 4.69) is 32.2 Å². The topological polar surface area (TPSA) is 80.0 Å². The van der Waals surface area contributed by atoms with E-state index in [1.165, 1.54) is 6.39 Å². The molecule has 0 fully saturated rings. The van der Waals surface area contributed by atoms with Crippen molar-refractivity contribution in [3.05, 3.63) is 41.5 Å². The normalized spacial score (nSPS) is 10.3. The summed E-state index contributed by atoms with van der Waals surface area (Å²) in [5, 5.41) is 9.69. The lowest BCUT2D eigenvalue weighted by atomic mass is 10.1. The molecule has 0 saturated carbocycles. The summed E-state index contributed by atoms with van der Waals surface area (Å²) in [4.78, 5) is 15.9. The van der Waals surface area contributed by atoms with Gasteiger partial charge in [0.25, 0.3) is 5.91 Å². The van der Waals surface area contributed by atoms with Crippen LogP contribution in [0.2, 0.25) is 0 Å². The van der Waals surface area contributed by atoms with Crippen molar-refractivity contribution in [2.45, 2.75) is 26.8 Å². The van der Waals surface area contributed by atoms with Crippen LogP contribution in [0.15, 0.2) is 29.1 Å². The van der Waals surface area contributed by atoms with Crippen LogP contribution in [0.25, 0.3) is 0 Å². The first kappa shape index (κ1) is 14.0. The molecule has 0 aliphatic heterocycles. The van der Waals surface area contributed by atoms with Gasteiger partial charge in [-0.3, -0.25) is 4.79 Å². The van der Waals surface area contributed by atoms with Crippen molar-refractivity contribution in [2.75, 3.05) is 11.9 Å². The zero-order chi connectivity index (χ0) is 14.4. The zero-order valence-corrected chi connectivity index (χ0v) is 11.6. The third kappa shape index (κ3) is 3.57. The maximum absolute atomic E-state index is 12.1. The van der Waals surface area contributed by atoms with Gasteiger partial charge in [0.1, 0.15) is 0 Å². The van der Waals surface area contributed by atoms with Crippen molar-refractivity contribution in [3.8, 4) is 0 Å². The summed E-state index contributed by atoms with van der Waals surface area (Å²) in [7, 11) is 0. The Morgan fingerprint density at radius 3 is 2.90 bits per heavy atom. The van der Waals surface area contributed by atoms with Crippen LogP contribution in [0.3, 0.4) is 0 Å². The monoisotopic (exact) mass is 274 g/mol. The van der Waals surface area contributed by atoms with E-state index in [0.29, 0.717) is 11.4 Å². The molecule has 2 N–H and O–H groups in total. The number of nitrogens with one attached hydrogen (secondary N) is 2. The fourth-order valence-corrected chi connectivity index (χ4v) is 1.82. The van der Waals surface area contributed by atoms with Gasteiger partial charge in [-0.05, 0) is 37.1 Å². The Hall–Kier alpha value is -2.37. The van der Waals surface area contributed by atoms with E-state index < -0.39 is 0 Å². The number of hydrogen-bond donors (Lipinski definition) is 2. The summed E-state index contributed by atoms with van der Waals surface area (Å²) >= 11 is 0. The highest BCUT2D eigenvalue weighted by molar-refractivity contribution is 5.95. The quantitative estimate of drug-likeness (QED) is 0.843. The third-order valence-electron chi connectivity index (χ3n) is 2.86. The Labute approximate surface area is 117 Å². The number of anilines is 1. The molecule has 1 heterocycles. The molecule has 106 valence electrons. The Balaban J connectivity index is 1.98. The number of carbonyl (C=O) groups is 1. The molecule has 6 nitrogen and oxygen atoms in total. The van der Waals surface area contributed by atoms with Crippen LogP contribution < -0.4 is 10.6 Å². The molecule has 0 saturated heterocycles. The molecule has 0 unspecified atom stereocenters. The molecule has 1 aromatic carbocycles. The first-order valence-electron chi connectivity index (χ1n) is 6.58. The van der Waals surface area contributed by atoms with Crippen molar-refractivity contribution >= 4 is 11.6 Å². The first-order valence-corrected chi connectivity index (χ1v) is 6.58. The summed E-state index contributed by atoms with van der Waals surface area (Å²) in [6, 6.07) is 5.70. The number of aryl methyl sites for hydroxylation is 1. The van der Waals surface area contributed by atoms with Crippen LogP contribution in [0.1, 0.15) is 35.1 Å². The smallest absolute Gasteiger partial charge is 0.251 e. The highest BCUT2D eigenvalue weighted by Crippen LogP contribution is 2.15. The predicted molar refractivity (Wildman–Crippen MR) is 75.4 cm³/mol. The van der Waals surface area contributed by atoms with Crippen molar-refractivity contribution in [2.24, 2.45) is 0 Å². The number of aromatic nitrogens is 2. The molecule has 0 atom stereocenters.